The summed E-state index contributed by atoms with van der Waals surface area (Å²) in [7, 11) is -1.13. The van der Waals surface area contributed by atoms with Gasteiger partial charge in [-0.05, 0) is 42.9 Å². The van der Waals surface area contributed by atoms with Gasteiger partial charge in [0.2, 0.25) is 5.91 Å². The molecule has 6 nitrogen and oxygen atoms in total. The maximum atomic E-state index is 12.7. The van der Waals surface area contributed by atoms with Gasteiger partial charge < -0.3 is 15.2 Å². The van der Waals surface area contributed by atoms with Crippen LogP contribution in [0.4, 0.5) is 0 Å². The first-order valence-corrected chi connectivity index (χ1v) is 11.7. The third-order valence-corrected chi connectivity index (χ3v) is 6.98. The van der Waals surface area contributed by atoms with Crippen molar-refractivity contribution < 1.29 is 13.8 Å². The summed E-state index contributed by atoms with van der Waals surface area (Å²) < 4.78 is 11.2. The molecular formula is C22H27N3O3S. The second-order valence-corrected chi connectivity index (χ2v) is 9.53. The minimum Gasteiger partial charge on any atom is -0.351 e. The zero-order valence-electron chi connectivity index (χ0n) is 16.9. The van der Waals surface area contributed by atoms with E-state index in [-0.39, 0.29) is 17.2 Å². The molecule has 0 spiro atoms. The number of H-pyrrole nitrogens is 1. The maximum absolute atomic E-state index is 12.7. The monoisotopic (exact) mass is 413 g/mol. The van der Waals surface area contributed by atoms with Crippen LogP contribution in [0.2, 0.25) is 0 Å². The van der Waals surface area contributed by atoms with Gasteiger partial charge in [0.05, 0.1) is 0 Å². The first-order valence-electron chi connectivity index (χ1n) is 10.1. The lowest BCUT2D eigenvalue weighted by molar-refractivity contribution is -0.125. The van der Waals surface area contributed by atoms with E-state index in [1.54, 1.807) is 6.26 Å². The largest absolute Gasteiger partial charge is 0.351 e. The van der Waals surface area contributed by atoms with E-state index in [1.165, 1.54) is 17.0 Å². The van der Waals surface area contributed by atoms with Crippen molar-refractivity contribution in [3.63, 3.8) is 0 Å². The third kappa shape index (κ3) is 3.88. The standard InChI is InChI=1S/C22H27N3O3S/c1-3-15-4-5-16-11-19(24-18(16)10-15)21(27)23-13-22-8-6-17(22)12-25(14-22)20(26)7-9-29(2)28/h4-5,7,9-11,17,24H,3,6,8,12-14H2,1-2H3,(H,23,27)/b9-7+/t17-,22-,29?/m0/s1. The Morgan fingerprint density at radius 3 is 2.90 bits per heavy atom. The normalized spacial score (nSPS) is 24.5. The van der Waals surface area contributed by atoms with Crippen molar-refractivity contribution in [3.05, 3.63) is 47.0 Å². The molecule has 1 aromatic heterocycles. The van der Waals surface area contributed by atoms with Crippen molar-refractivity contribution in [2.24, 2.45) is 11.3 Å². The third-order valence-electron chi connectivity index (χ3n) is 6.46. The Balaban J connectivity index is 1.40. The first kappa shape index (κ1) is 19.9. The number of aryl methyl sites for hydroxylation is 1. The Bertz CT molecular complexity index is 1010. The number of hydrogen-bond acceptors (Lipinski definition) is 3. The van der Waals surface area contributed by atoms with Crippen molar-refractivity contribution in [2.75, 3.05) is 25.9 Å². The van der Waals surface area contributed by atoms with Crippen molar-refractivity contribution in [2.45, 2.75) is 26.2 Å². The summed E-state index contributed by atoms with van der Waals surface area (Å²) in [5.41, 5.74) is 2.75. The highest BCUT2D eigenvalue weighted by atomic mass is 32.2. The van der Waals surface area contributed by atoms with E-state index < -0.39 is 10.8 Å². The van der Waals surface area contributed by atoms with E-state index >= 15 is 0 Å². The zero-order valence-corrected chi connectivity index (χ0v) is 17.7. The van der Waals surface area contributed by atoms with Gasteiger partial charge in [0.15, 0.2) is 0 Å². The van der Waals surface area contributed by atoms with Gasteiger partial charge in [-0.2, -0.15) is 0 Å². The summed E-state index contributed by atoms with van der Waals surface area (Å²) in [5, 5.41) is 5.55. The zero-order chi connectivity index (χ0) is 20.6. The molecule has 2 heterocycles. The van der Waals surface area contributed by atoms with Crippen molar-refractivity contribution >= 4 is 33.5 Å². The Morgan fingerprint density at radius 1 is 1.38 bits per heavy atom. The van der Waals surface area contributed by atoms with Crippen molar-refractivity contribution in [3.8, 4) is 0 Å². The van der Waals surface area contributed by atoms with Crippen LogP contribution in [0.25, 0.3) is 10.9 Å². The topological polar surface area (TPSA) is 82.3 Å². The Kier molecular flexibility index (Phi) is 5.34. The number of rotatable bonds is 6. The molecule has 7 heteroatoms. The van der Waals surface area contributed by atoms with Gasteiger partial charge in [0.25, 0.3) is 5.91 Å². The highest BCUT2D eigenvalue weighted by Crippen LogP contribution is 2.51. The predicted octanol–water partition coefficient (Wildman–Crippen LogP) is 2.59. The van der Waals surface area contributed by atoms with E-state index in [1.807, 2.05) is 17.0 Å². The molecule has 2 aliphatic rings. The summed E-state index contributed by atoms with van der Waals surface area (Å²) in [4.78, 5) is 30.1. The molecule has 2 amide bonds. The molecule has 1 saturated heterocycles. The molecule has 1 unspecified atom stereocenters. The maximum Gasteiger partial charge on any atom is 0.267 e. The number of nitrogens with one attached hydrogen (secondary N) is 2. The van der Waals surface area contributed by atoms with Gasteiger partial charge in [-0.3, -0.25) is 13.8 Å². The van der Waals surface area contributed by atoms with Crippen LogP contribution in [-0.4, -0.2) is 51.8 Å². The number of carbonyl (C=O) groups is 2. The molecule has 3 atom stereocenters. The number of benzene rings is 1. The SMILES string of the molecule is CCc1ccc2cc(C(=O)NC[C@]34CC[C@H]3CN(C(=O)/C=C/S(C)=O)C4)[nH]c2c1. The Morgan fingerprint density at radius 2 is 2.21 bits per heavy atom. The van der Waals surface area contributed by atoms with Gasteiger partial charge in [0, 0.05) is 64.5 Å². The van der Waals surface area contributed by atoms with Crippen LogP contribution in [0, 0.1) is 11.3 Å². The molecule has 2 fully saturated rings. The molecule has 0 radical (unpaired) electrons. The van der Waals surface area contributed by atoms with Crippen LogP contribution in [0.1, 0.15) is 35.8 Å². The first-order chi connectivity index (χ1) is 13.9. The van der Waals surface area contributed by atoms with Gasteiger partial charge >= 0.3 is 0 Å². The minimum absolute atomic E-state index is 0.0358. The lowest BCUT2D eigenvalue weighted by Crippen LogP contribution is -2.48. The van der Waals surface area contributed by atoms with Crippen molar-refractivity contribution in [1.82, 2.24) is 15.2 Å². The molecule has 2 N–H and O–H groups in total. The number of aromatic amines is 1. The molecule has 29 heavy (non-hydrogen) atoms. The van der Waals surface area contributed by atoms with Crippen LogP contribution in [-0.2, 0) is 22.0 Å². The second kappa shape index (κ2) is 7.78. The fourth-order valence-corrected chi connectivity index (χ4v) is 4.85. The molecule has 1 aromatic carbocycles. The van der Waals surface area contributed by atoms with E-state index in [2.05, 4.69) is 29.4 Å². The summed E-state index contributed by atoms with van der Waals surface area (Å²) in [6.07, 6.45) is 6.00. The highest BCUT2D eigenvalue weighted by Gasteiger charge is 2.53. The fourth-order valence-electron chi connectivity index (χ4n) is 4.54. The second-order valence-electron chi connectivity index (χ2n) is 8.26. The van der Waals surface area contributed by atoms with Crippen molar-refractivity contribution in [1.29, 1.82) is 0 Å². The summed E-state index contributed by atoms with van der Waals surface area (Å²) >= 11 is 0. The molecule has 154 valence electrons. The Hall–Kier alpha value is -2.41. The number of aromatic nitrogens is 1. The van der Waals surface area contributed by atoms with Crippen LogP contribution in [0.15, 0.2) is 35.7 Å². The molecule has 1 saturated carbocycles. The Labute approximate surface area is 173 Å². The van der Waals surface area contributed by atoms with E-state index in [0.29, 0.717) is 31.2 Å². The van der Waals surface area contributed by atoms with Crippen LogP contribution < -0.4 is 5.32 Å². The number of nitrogens with zero attached hydrogens (tertiary/aromatic N) is 1. The van der Waals surface area contributed by atoms with Gasteiger partial charge in [-0.1, -0.05) is 19.1 Å². The molecular weight excluding hydrogens is 386 g/mol. The van der Waals surface area contributed by atoms with Gasteiger partial charge in [0.1, 0.15) is 5.69 Å². The predicted molar refractivity (Wildman–Crippen MR) is 115 cm³/mol. The minimum atomic E-state index is -1.13. The molecule has 1 aliphatic heterocycles. The smallest absolute Gasteiger partial charge is 0.267 e. The number of fused-ring (bicyclic) bond motifs is 2. The van der Waals surface area contributed by atoms with Gasteiger partial charge in [-0.15, -0.1) is 0 Å². The summed E-state index contributed by atoms with van der Waals surface area (Å²) in [5.74, 6) is 0.218. The quantitative estimate of drug-likeness (QED) is 0.714. The van der Waals surface area contributed by atoms with Gasteiger partial charge in [-0.25, -0.2) is 0 Å². The highest BCUT2D eigenvalue weighted by molar-refractivity contribution is 7.87. The molecule has 4 rings (SSSR count). The summed E-state index contributed by atoms with van der Waals surface area (Å²) in [6, 6.07) is 8.10. The average Bonchev–Trinajstić information content (AvgIpc) is 3.23. The summed E-state index contributed by atoms with van der Waals surface area (Å²) in [6.45, 7) is 4.03. The van der Waals surface area contributed by atoms with Crippen LogP contribution in [0.5, 0.6) is 0 Å². The lowest BCUT2D eigenvalue weighted by atomic mass is 9.62. The molecule has 1 aliphatic carbocycles. The fraction of sp³-hybridized carbons (Fsp3) is 0.455. The van der Waals surface area contributed by atoms with Crippen LogP contribution >= 0.6 is 0 Å². The van der Waals surface area contributed by atoms with E-state index in [4.69, 9.17) is 0 Å². The lowest BCUT2D eigenvalue weighted by Gasteiger charge is -2.43. The van der Waals surface area contributed by atoms with Crippen LogP contribution in [0.3, 0.4) is 0 Å². The molecule has 2 aromatic rings. The number of likely N-dealkylation sites (tertiary alicyclic amines) is 1. The number of hydrogen-bond donors (Lipinski definition) is 2. The molecule has 0 bridgehead atoms. The average molecular weight is 414 g/mol. The number of carbonyl (C=O) groups excluding carboxylic acids is 2. The van der Waals surface area contributed by atoms with E-state index in [0.717, 1.165) is 30.2 Å². The number of amides is 2. The van der Waals surface area contributed by atoms with E-state index in [9.17, 15) is 13.8 Å².